The van der Waals surface area contributed by atoms with E-state index in [1.807, 2.05) is 6.92 Å². The first-order valence-electron chi connectivity index (χ1n) is 28.4. The van der Waals surface area contributed by atoms with Crippen molar-refractivity contribution in [2.45, 2.75) is 205 Å². The molecule has 0 aromatic carbocycles. The lowest BCUT2D eigenvalue weighted by Crippen LogP contribution is -2.62. The number of carboxylic acids is 1. The summed E-state index contributed by atoms with van der Waals surface area (Å²) in [5, 5.41) is 55.0. The van der Waals surface area contributed by atoms with Gasteiger partial charge in [-0.25, -0.2) is 4.79 Å². The standard InChI is InChI=1S/C52H100N16O14/c1-9-29(6)11-10-12-40(71)59-32(13-19-53)47(76)67-41(30(7)69)51(80)64-36(17-23-57)45(74)60-33(14-20-54)43(72)61-35(16-22-56)46(75)65-39(26-28(4)5)50(79)66-38(25-27(2)3)49(78)63-34(15-21-55)44(73)62-37(18-24-58)48(77)68-42(31(8)70)52(81)82/h27-39,41-42,69-70H,9-26,53-58H2,1-8H3,(H,59,71)(H,60,74)(H,61,72)(H,62,73)(H,63,78)(H,64,80)(H,65,75)(H,66,79)(H,67,76)(H,68,77)(H,81,82)/t29?,30-,31-,32+,33+,34+,35+,36+,37+,38+,39-,41+,42+/m1/s1. The summed E-state index contributed by atoms with van der Waals surface area (Å²) >= 11 is 0. The molecule has 0 rings (SSSR count). The number of carbonyl (C=O) groups is 11. The van der Waals surface area contributed by atoms with Gasteiger partial charge in [-0.1, -0.05) is 54.4 Å². The van der Waals surface area contributed by atoms with Gasteiger partial charge in [0, 0.05) is 6.42 Å². The van der Waals surface area contributed by atoms with E-state index in [-0.39, 0.29) is 109 Å². The van der Waals surface area contributed by atoms with Gasteiger partial charge in [0.25, 0.3) is 0 Å². The molecule has 0 fully saturated rings. The third-order valence-corrected chi connectivity index (χ3v) is 13.1. The molecule has 0 saturated carbocycles. The van der Waals surface area contributed by atoms with E-state index in [1.165, 1.54) is 6.92 Å². The zero-order valence-electron chi connectivity index (χ0n) is 49.2. The van der Waals surface area contributed by atoms with Gasteiger partial charge in [0.15, 0.2) is 6.04 Å². The summed E-state index contributed by atoms with van der Waals surface area (Å²) < 4.78 is 0. The van der Waals surface area contributed by atoms with Gasteiger partial charge in [0.2, 0.25) is 59.1 Å². The van der Waals surface area contributed by atoms with Crippen LogP contribution in [-0.4, -0.2) is 192 Å². The second-order valence-corrected chi connectivity index (χ2v) is 21.5. The Hall–Kier alpha value is -6.15. The maximum atomic E-state index is 14.1. The number of aliphatic carboxylic acids is 1. The highest BCUT2D eigenvalue weighted by molar-refractivity contribution is 5.99. The van der Waals surface area contributed by atoms with E-state index in [9.17, 15) is 68.1 Å². The van der Waals surface area contributed by atoms with E-state index in [0.29, 0.717) is 12.3 Å². The summed E-state index contributed by atoms with van der Waals surface area (Å²) in [6.45, 7) is 12.9. The predicted octanol–water partition coefficient (Wildman–Crippen LogP) is -5.92. The van der Waals surface area contributed by atoms with E-state index in [2.05, 4.69) is 60.1 Å². The molecule has 25 N–H and O–H groups in total. The van der Waals surface area contributed by atoms with Crippen LogP contribution in [-0.2, 0) is 52.7 Å². The highest BCUT2D eigenvalue weighted by Crippen LogP contribution is 2.13. The molecule has 0 spiro atoms. The van der Waals surface area contributed by atoms with E-state index < -0.39 is 138 Å². The maximum Gasteiger partial charge on any atom is 0.328 e. The Morgan fingerprint density at radius 1 is 0.354 bits per heavy atom. The lowest BCUT2D eigenvalue weighted by Gasteiger charge is -2.29. The monoisotopic (exact) mass is 1170 g/mol. The van der Waals surface area contributed by atoms with Gasteiger partial charge in [-0.15, -0.1) is 0 Å². The van der Waals surface area contributed by atoms with Gasteiger partial charge >= 0.3 is 5.97 Å². The first-order chi connectivity index (χ1) is 38.5. The number of rotatable bonds is 43. The molecule has 30 heteroatoms. The lowest BCUT2D eigenvalue weighted by molar-refractivity contribution is -0.145. The van der Waals surface area contributed by atoms with Crippen LogP contribution in [0.2, 0.25) is 0 Å². The van der Waals surface area contributed by atoms with Crippen LogP contribution in [0.1, 0.15) is 132 Å². The quantitative estimate of drug-likeness (QED) is 0.0270. The summed E-state index contributed by atoms with van der Waals surface area (Å²) in [4.78, 5) is 148. The molecule has 0 aliphatic heterocycles. The van der Waals surface area contributed by atoms with E-state index in [4.69, 9.17) is 34.4 Å². The molecule has 10 amide bonds. The van der Waals surface area contributed by atoms with E-state index in [1.54, 1.807) is 27.7 Å². The van der Waals surface area contributed by atoms with Gasteiger partial charge in [-0.3, -0.25) is 47.9 Å². The van der Waals surface area contributed by atoms with E-state index >= 15 is 0 Å². The Balaban J connectivity index is 6.43. The number of carboxylic acid groups (broad SMARTS) is 1. The maximum absolute atomic E-state index is 14.1. The van der Waals surface area contributed by atoms with Crippen LogP contribution in [0.15, 0.2) is 0 Å². The molecule has 82 heavy (non-hydrogen) atoms. The summed E-state index contributed by atoms with van der Waals surface area (Å²) in [5.74, 6) is -9.94. The van der Waals surface area contributed by atoms with Crippen molar-refractivity contribution in [3.63, 3.8) is 0 Å². The number of carbonyl (C=O) groups excluding carboxylic acids is 10. The highest BCUT2D eigenvalue weighted by Gasteiger charge is 2.37. The molecule has 0 aromatic heterocycles. The largest absolute Gasteiger partial charge is 0.480 e. The third kappa shape index (κ3) is 29.2. The summed E-state index contributed by atoms with van der Waals surface area (Å²) in [7, 11) is 0. The van der Waals surface area contributed by atoms with Crippen LogP contribution in [0.4, 0.5) is 0 Å². The summed E-state index contributed by atoms with van der Waals surface area (Å²) in [6.07, 6.45) is -1.24. The zero-order valence-corrected chi connectivity index (χ0v) is 49.2. The second-order valence-electron chi connectivity index (χ2n) is 21.5. The van der Waals surface area contributed by atoms with Crippen molar-refractivity contribution in [2.75, 3.05) is 39.3 Å². The molecular weight excluding hydrogens is 1070 g/mol. The van der Waals surface area contributed by atoms with Crippen LogP contribution in [0, 0.1) is 17.8 Å². The average Bonchev–Trinajstić information content (AvgIpc) is 3.41. The topological polar surface area (TPSA) is 525 Å². The number of aliphatic hydroxyl groups excluding tert-OH is 2. The van der Waals surface area contributed by atoms with Crippen LogP contribution in [0.5, 0.6) is 0 Å². The Morgan fingerprint density at radius 2 is 0.610 bits per heavy atom. The Kier molecular flexibility index (Phi) is 37.9. The summed E-state index contributed by atoms with van der Waals surface area (Å²) in [5.41, 5.74) is 34.7. The van der Waals surface area contributed by atoms with Crippen LogP contribution in [0.3, 0.4) is 0 Å². The third-order valence-electron chi connectivity index (χ3n) is 13.1. The molecule has 0 bridgehead atoms. The van der Waals surface area contributed by atoms with Crippen molar-refractivity contribution < 1.29 is 68.1 Å². The molecule has 13 atom stereocenters. The fraction of sp³-hybridized carbons (Fsp3) is 0.788. The molecule has 1 unspecified atom stereocenters. The Bertz CT molecular complexity index is 2030. The first-order valence-corrected chi connectivity index (χ1v) is 28.4. The predicted molar refractivity (Wildman–Crippen MR) is 305 cm³/mol. The van der Waals surface area contributed by atoms with Crippen molar-refractivity contribution in [1.82, 2.24) is 53.2 Å². The molecule has 0 aliphatic carbocycles. The number of nitrogens with one attached hydrogen (secondary N) is 10. The van der Waals surface area contributed by atoms with Gasteiger partial charge in [-0.2, -0.15) is 0 Å². The average molecular weight is 1170 g/mol. The molecule has 472 valence electrons. The minimum atomic E-state index is -1.71. The molecule has 30 nitrogen and oxygen atoms in total. The van der Waals surface area contributed by atoms with Gasteiger partial charge < -0.3 is 103 Å². The van der Waals surface area contributed by atoms with Gasteiger partial charge in [-0.05, 0) is 129 Å². The zero-order chi connectivity index (χ0) is 62.8. The molecule has 0 radical (unpaired) electrons. The smallest absolute Gasteiger partial charge is 0.328 e. The Morgan fingerprint density at radius 3 is 0.878 bits per heavy atom. The van der Waals surface area contributed by atoms with E-state index in [0.717, 1.165) is 19.8 Å². The van der Waals surface area contributed by atoms with Crippen molar-refractivity contribution >= 4 is 65.0 Å². The Labute approximate surface area is 481 Å². The van der Waals surface area contributed by atoms with Crippen LogP contribution >= 0.6 is 0 Å². The SMILES string of the molecule is CCC(C)CCCC(=O)N[C@@H](CCN)C(=O)N[C@H](C(=O)N[C@@H](CCN)C(=O)N[C@@H](CCN)C(=O)N[C@@H](CCN)C(=O)N[C@H](CC(C)C)C(=O)N[C@@H](CC(C)C)C(=O)N[C@@H](CCN)C(=O)N[C@@H](CCN)C(=O)N[C@H](C(=O)O)[C@@H](C)O)[C@@H](C)O. The number of amides is 10. The molecule has 0 aromatic rings. The molecule has 0 aliphatic rings. The van der Waals surface area contributed by atoms with Crippen molar-refractivity contribution in [3.8, 4) is 0 Å². The van der Waals surface area contributed by atoms with Gasteiger partial charge in [0.05, 0.1) is 12.2 Å². The number of hydrogen-bond acceptors (Lipinski definition) is 19. The van der Waals surface area contributed by atoms with Crippen molar-refractivity contribution in [2.24, 2.45) is 52.2 Å². The number of hydrogen-bond donors (Lipinski definition) is 19. The fourth-order valence-corrected chi connectivity index (χ4v) is 8.30. The highest BCUT2D eigenvalue weighted by atomic mass is 16.4. The molecular formula is C52H100N16O14. The summed E-state index contributed by atoms with van der Waals surface area (Å²) in [6, 6.07) is -14.1. The van der Waals surface area contributed by atoms with Crippen molar-refractivity contribution in [3.05, 3.63) is 0 Å². The normalized spacial score (nSPS) is 16.1. The lowest BCUT2D eigenvalue weighted by atomic mass is 9.99. The minimum absolute atomic E-state index is 0.00442. The molecule has 0 heterocycles. The number of aliphatic hydroxyl groups is 2. The van der Waals surface area contributed by atoms with Crippen LogP contribution < -0.4 is 87.6 Å². The fourth-order valence-electron chi connectivity index (χ4n) is 8.30. The molecule has 0 saturated heterocycles. The van der Waals surface area contributed by atoms with Crippen LogP contribution in [0.25, 0.3) is 0 Å². The first kappa shape index (κ1) is 75.8. The van der Waals surface area contributed by atoms with Crippen molar-refractivity contribution in [1.29, 1.82) is 0 Å². The minimum Gasteiger partial charge on any atom is -0.480 e. The van der Waals surface area contributed by atoms with Gasteiger partial charge in [0.1, 0.15) is 54.4 Å². The number of nitrogens with two attached hydrogens (primary N) is 6. The second kappa shape index (κ2) is 40.9.